The molecule has 0 heterocycles. The maximum Gasteiger partial charge on any atom is 0.397 e. The number of nitrogens with one attached hydrogen (secondary N) is 1. The topological polar surface area (TPSA) is 52.9 Å². The van der Waals surface area contributed by atoms with E-state index in [9.17, 15) is 22.4 Å². The van der Waals surface area contributed by atoms with Gasteiger partial charge < -0.3 is 5.32 Å². The number of anilines is 1. The van der Waals surface area contributed by atoms with Gasteiger partial charge in [-0.2, -0.15) is 18.4 Å². The molecule has 0 aliphatic carbocycles. The number of carbonyl (C=O) groups excluding carboxylic acids is 1. The van der Waals surface area contributed by atoms with Gasteiger partial charge in [0.15, 0.2) is 0 Å². The smallest absolute Gasteiger partial charge is 0.326 e. The molecule has 0 saturated carbocycles. The Bertz CT molecular complexity index is 476. The van der Waals surface area contributed by atoms with Crippen molar-refractivity contribution < 1.29 is 22.4 Å². The first kappa shape index (κ1) is 13.0. The molecule has 1 aromatic rings. The molecular formula is C10H6F4N2O. The summed E-state index contributed by atoms with van der Waals surface area (Å²) in [6.45, 7) is 0. The quantitative estimate of drug-likeness (QED) is 0.815. The van der Waals surface area contributed by atoms with Crippen molar-refractivity contribution in [2.45, 2.75) is 12.6 Å². The SMILES string of the molecule is N#Cc1cc(NC(=O)CC(F)(F)F)ccc1F. The molecular weight excluding hydrogens is 240 g/mol. The minimum atomic E-state index is -4.61. The van der Waals surface area contributed by atoms with Crippen LogP contribution in [0.25, 0.3) is 0 Å². The predicted molar refractivity (Wildman–Crippen MR) is 50.4 cm³/mol. The lowest BCUT2D eigenvalue weighted by molar-refractivity contribution is -0.150. The average Bonchev–Trinajstić information content (AvgIpc) is 2.18. The number of amides is 1. The van der Waals surface area contributed by atoms with Crippen molar-refractivity contribution in [2.24, 2.45) is 0 Å². The summed E-state index contributed by atoms with van der Waals surface area (Å²) in [5.41, 5.74) is -0.410. The lowest BCUT2D eigenvalue weighted by Gasteiger charge is -2.07. The number of nitriles is 1. The third-order valence-corrected chi connectivity index (χ3v) is 1.73. The van der Waals surface area contributed by atoms with Gasteiger partial charge in [-0.05, 0) is 18.2 Å². The molecule has 0 aliphatic heterocycles. The largest absolute Gasteiger partial charge is 0.397 e. The summed E-state index contributed by atoms with van der Waals surface area (Å²) in [6.07, 6.45) is -6.24. The van der Waals surface area contributed by atoms with E-state index in [1.54, 1.807) is 0 Å². The van der Waals surface area contributed by atoms with E-state index >= 15 is 0 Å². The van der Waals surface area contributed by atoms with E-state index in [0.717, 1.165) is 18.2 Å². The van der Waals surface area contributed by atoms with Crippen molar-refractivity contribution in [3.63, 3.8) is 0 Å². The minimum absolute atomic E-state index is 0.0581. The summed E-state index contributed by atoms with van der Waals surface area (Å²) < 4.78 is 48.4. The number of benzene rings is 1. The molecule has 0 radical (unpaired) electrons. The van der Waals surface area contributed by atoms with Crippen LogP contribution in [0.15, 0.2) is 18.2 Å². The molecule has 0 unspecified atom stereocenters. The van der Waals surface area contributed by atoms with Crippen LogP contribution < -0.4 is 5.32 Å². The number of rotatable bonds is 2. The molecule has 0 saturated heterocycles. The first-order valence-electron chi connectivity index (χ1n) is 4.38. The number of carbonyl (C=O) groups is 1. The summed E-state index contributed by atoms with van der Waals surface area (Å²) in [5, 5.41) is 10.4. The summed E-state index contributed by atoms with van der Waals surface area (Å²) in [6, 6.07) is 4.44. The molecule has 17 heavy (non-hydrogen) atoms. The van der Waals surface area contributed by atoms with E-state index in [0.29, 0.717) is 0 Å². The number of halogens is 4. The number of hydrogen-bond donors (Lipinski definition) is 1. The van der Waals surface area contributed by atoms with Gasteiger partial charge in [-0.1, -0.05) is 0 Å². The second kappa shape index (κ2) is 4.82. The Morgan fingerprint density at radius 3 is 2.59 bits per heavy atom. The van der Waals surface area contributed by atoms with Gasteiger partial charge in [-0.25, -0.2) is 4.39 Å². The highest BCUT2D eigenvalue weighted by Crippen LogP contribution is 2.21. The zero-order valence-electron chi connectivity index (χ0n) is 8.31. The van der Waals surface area contributed by atoms with Crippen LogP contribution in [-0.4, -0.2) is 12.1 Å². The van der Waals surface area contributed by atoms with Crippen molar-refractivity contribution in [3.05, 3.63) is 29.6 Å². The van der Waals surface area contributed by atoms with Crippen molar-refractivity contribution in [2.75, 3.05) is 5.32 Å². The zero-order valence-corrected chi connectivity index (χ0v) is 8.31. The van der Waals surface area contributed by atoms with E-state index in [-0.39, 0.29) is 11.3 Å². The highest BCUT2D eigenvalue weighted by molar-refractivity contribution is 5.91. The van der Waals surface area contributed by atoms with E-state index in [2.05, 4.69) is 0 Å². The number of nitrogens with zero attached hydrogens (tertiary/aromatic N) is 1. The second-order valence-electron chi connectivity index (χ2n) is 3.15. The van der Waals surface area contributed by atoms with E-state index in [1.807, 2.05) is 5.32 Å². The van der Waals surface area contributed by atoms with Crippen LogP contribution in [0, 0.1) is 17.1 Å². The Hall–Kier alpha value is -2.10. The fourth-order valence-electron chi connectivity index (χ4n) is 1.08. The zero-order chi connectivity index (χ0) is 13.1. The molecule has 7 heteroatoms. The van der Waals surface area contributed by atoms with Crippen LogP contribution >= 0.6 is 0 Å². The standard InChI is InChI=1S/C10H6F4N2O/c11-8-2-1-7(3-6(8)5-15)16-9(17)4-10(12,13)14/h1-3H,4H2,(H,16,17). The third kappa shape index (κ3) is 4.10. The molecule has 3 nitrogen and oxygen atoms in total. The third-order valence-electron chi connectivity index (χ3n) is 1.73. The maximum atomic E-state index is 12.9. The number of hydrogen-bond acceptors (Lipinski definition) is 2. The molecule has 0 aliphatic rings. The minimum Gasteiger partial charge on any atom is -0.326 e. The van der Waals surface area contributed by atoms with Gasteiger partial charge in [0, 0.05) is 5.69 Å². The normalized spacial score (nSPS) is 10.8. The van der Waals surface area contributed by atoms with Crippen LogP contribution in [0.2, 0.25) is 0 Å². The first-order chi connectivity index (χ1) is 7.81. The lowest BCUT2D eigenvalue weighted by atomic mass is 10.2. The van der Waals surface area contributed by atoms with Crippen molar-refractivity contribution in [1.82, 2.24) is 0 Å². The summed E-state index contributed by atoms with van der Waals surface area (Å²) >= 11 is 0. The molecule has 1 rings (SSSR count). The molecule has 0 atom stereocenters. The summed E-state index contributed by atoms with van der Waals surface area (Å²) in [4.78, 5) is 10.9. The van der Waals surface area contributed by atoms with Gasteiger partial charge in [-0.15, -0.1) is 0 Å². The summed E-state index contributed by atoms with van der Waals surface area (Å²) in [5.74, 6) is -2.07. The molecule has 1 N–H and O–H groups in total. The maximum absolute atomic E-state index is 12.9. The Balaban J connectivity index is 2.77. The van der Waals surface area contributed by atoms with Crippen molar-refractivity contribution in [1.29, 1.82) is 5.26 Å². The lowest BCUT2D eigenvalue weighted by Crippen LogP contribution is -2.21. The van der Waals surface area contributed by atoms with Crippen LogP contribution in [0.1, 0.15) is 12.0 Å². The Morgan fingerprint density at radius 2 is 2.06 bits per heavy atom. The molecule has 0 fully saturated rings. The molecule has 1 amide bonds. The van der Waals surface area contributed by atoms with Gasteiger partial charge >= 0.3 is 6.18 Å². The predicted octanol–water partition coefficient (Wildman–Crippen LogP) is 2.59. The second-order valence-corrected chi connectivity index (χ2v) is 3.15. The highest BCUT2D eigenvalue weighted by atomic mass is 19.4. The van der Waals surface area contributed by atoms with Crippen LogP contribution in [0.4, 0.5) is 23.2 Å². The van der Waals surface area contributed by atoms with E-state index in [1.165, 1.54) is 6.07 Å². The molecule has 1 aromatic carbocycles. The molecule has 0 spiro atoms. The summed E-state index contributed by atoms with van der Waals surface area (Å²) in [7, 11) is 0. The molecule has 0 aromatic heterocycles. The number of alkyl halides is 3. The van der Waals surface area contributed by atoms with Crippen LogP contribution in [-0.2, 0) is 4.79 Å². The molecule has 90 valence electrons. The van der Waals surface area contributed by atoms with Gasteiger partial charge in [0.05, 0.1) is 5.56 Å². The first-order valence-corrected chi connectivity index (χ1v) is 4.38. The monoisotopic (exact) mass is 246 g/mol. The van der Waals surface area contributed by atoms with Gasteiger partial charge in [0.2, 0.25) is 5.91 Å². The fourth-order valence-corrected chi connectivity index (χ4v) is 1.08. The Labute approximate surface area is 93.7 Å². The molecule has 0 bridgehead atoms. The van der Waals surface area contributed by atoms with Crippen LogP contribution in [0.3, 0.4) is 0 Å². The van der Waals surface area contributed by atoms with E-state index < -0.39 is 24.3 Å². The van der Waals surface area contributed by atoms with Crippen molar-refractivity contribution in [3.8, 4) is 6.07 Å². The highest BCUT2D eigenvalue weighted by Gasteiger charge is 2.31. The van der Waals surface area contributed by atoms with Crippen molar-refractivity contribution >= 4 is 11.6 Å². The Kier molecular flexibility index (Phi) is 3.68. The average molecular weight is 246 g/mol. The van der Waals surface area contributed by atoms with Gasteiger partial charge in [0.1, 0.15) is 18.3 Å². The van der Waals surface area contributed by atoms with Gasteiger partial charge in [-0.3, -0.25) is 4.79 Å². The van der Waals surface area contributed by atoms with Gasteiger partial charge in [0.25, 0.3) is 0 Å². The van der Waals surface area contributed by atoms with Crippen LogP contribution in [0.5, 0.6) is 0 Å². The Morgan fingerprint density at radius 1 is 1.41 bits per heavy atom. The van der Waals surface area contributed by atoms with E-state index in [4.69, 9.17) is 5.26 Å². The fraction of sp³-hybridized carbons (Fsp3) is 0.200.